The third-order valence-corrected chi connectivity index (χ3v) is 2.77. The molecule has 1 heterocycles. The summed E-state index contributed by atoms with van der Waals surface area (Å²) in [6, 6.07) is -0.0323. The lowest BCUT2D eigenvalue weighted by molar-refractivity contribution is -0.202. The van der Waals surface area contributed by atoms with Crippen molar-refractivity contribution in [2.45, 2.75) is 38.1 Å². The normalized spacial score (nSPS) is 22.3. The van der Waals surface area contributed by atoms with Crippen LogP contribution in [0.15, 0.2) is 0 Å². The van der Waals surface area contributed by atoms with Crippen LogP contribution in [0, 0.1) is 0 Å². The third-order valence-electron chi connectivity index (χ3n) is 2.77. The fraction of sp³-hybridized carbons (Fsp3) is 1.00. The Morgan fingerprint density at radius 2 is 1.88 bits per heavy atom. The number of likely N-dealkylation sites (tertiary alicyclic amines) is 1. The summed E-state index contributed by atoms with van der Waals surface area (Å²) in [6.07, 6.45) is -4.47. The topological polar surface area (TPSA) is 35.5 Å². The van der Waals surface area contributed by atoms with Crippen molar-refractivity contribution in [1.82, 2.24) is 10.2 Å². The largest absolute Gasteiger partial charge is 0.415 e. The number of hydrogen-bond acceptors (Lipinski definition) is 3. The highest BCUT2D eigenvalue weighted by atomic mass is 19.4. The molecule has 0 bridgehead atoms. The van der Waals surface area contributed by atoms with E-state index in [2.05, 4.69) is 10.2 Å². The Kier molecular flexibility index (Phi) is 5.01. The maximum atomic E-state index is 12.0. The van der Waals surface area contributed by atoms with E-state index >= 15 is 0 Å². The molecule has 3 nitrogen and oxygen atoms in total. The van der Waals surface area contributed by atoms with Gasteiger partial charge in [0.05, 0.1) is 0 Å². The van der Waals surface area contributed by atoms with Crippen molar-refractivity contribution in [3.63, 3.8) is 0 Å². The lowest BCUT2D eigenvalue weighted by atomic mass is 10.2. The molecular weight excluding hydrogens is 221 g/mol. The van der Waals surface area contributed by atoms with Crippen molar-refractivity contribution < 1.29 is 18.3 Å². The number of nitrogens with zero attached hydrogens (tertiary/aromatic N) is 1. The Hall–Kier alpha value is -0.330. The quantitative estimate of drug-likeness (QED) is 0.752. The summed E-state index contributed by atoms with van der Waals surface area (Å²) < 4.78 is 36.0. The first-order valence-electron chi connectivity index (χ1n) is 5.60. The van der Waals surface area contributed by atoms with Gasteiger partial charge in [0.15, 0.2) is 6.10 Å². The van der Waals surface area contributed by atoms with Crippen LogP contribution in [0.1, 0.15) is 19.8 Å². The first kappa shape index (κ1) is 13.7. The molecule has 0 aromatic rings. The van der Waals surface area contributed by atoms with Gasteiger partial charge in [-0.25, -0.2) is 0 Å². The van der Waals surface area contributed by atoms with Crippen molar-refractivity contribution in [2.75, 3.05) is 26.2 Å². The van der Waals surface area contributed by atoms with E-state index in [1.54, 1.807) is 0 Å². The van der Waals surface area contributed by atoms with Crippen LogP contribution in [0.3, 0.4) is 0 Å². The Bertz CT molecular complexity index is 205. The summed E-state index contributed by atoms with van der Waals surface area (Å²) in [4.78, 5) is 2.22. The van der Waals surface area contributed by atoms with Gasteiger partial charge in [-0.05, 0) is 32.9 Å². The van der Waals surface area contributed by atoms with Gasteiger partial charge in [0.25, 0.3) is 0 Å². The van der Waals surface area contributed by atoms with E-state index in [-0.39, 0.29) is 6.04 Å². The monoisotopic (exact) mass is 240 g/mol. The maximum absolute atomic E-state index is 12.0. The van der Waals surface area contributed by atoms with Gasteiger partial charge in [0.2, 0.25) is 0 Å². The molecule has 6 heteroatoms. The van der Waals surface area contributed by atoms with Crippen LogP contribution in [0.25, 0.3) is 0 Å². The van der Waals surface area contributed by atoms with Gasteiger partial charge in [-0.2, -0.15) is 13.2 Å². The van der Waals surface area contributed by atoms with Crippen molar-refractivity contribution in [1.29, 1.82) is 0 Å². The van der Waals surface area contributed by atoms with Gasteiger partial charge in [0.1, 0.15) is 0 Å². The van der Waals surface area contributed by atoms with Crippen LogP contribution in [0.4, 0.5) is 13.2 Å². The second-order valence-corrected chi connectivity index (χ2v) is 4.37. The van der Waals surface area contributed by atoms with E-state index in [1.807, 2.05) is 6.92 Å². The molecule has 0 aromatic carbocycles. The van der Waals surface area contributed by atoms with E-state index in [9.17, 15) is 13.2 Å². The summed E-state index contributed by atoms with van der Waals surface area (Å²) in [5, 5.41) is 11.5. The fourth-order valence-corrected chi connectivity index (χ4v) is 1.85. The lowest BCUT2D eigenvalue weighted by Crippen LogP contribution is -2.45. The molecule has 1 saturated heterocycles. The Morgan fingerprint density at radius 3 is 2.38 bits per heavy atom. The van der Waals surface area contributed by atoms with E-state index in [4.69, 9.17) is 5.11 Å². The number of aliphatic hydroxyl groups is 1. The molecule has 2 unspecified atom stereocenters. The van der Waals surface area contributed by atoms with Gasteiger partial charge in [-0.3, -0.25) is 0 Å². The van der Waals surface area contributed by atoms with E-state index in [1.165, 1.54) is 0 Å². The smallest absolute Gasteiger partial charge is 0.382 e. The van der Waals surface area contributed by atoms with Crippen LogP contribution in [-0.4, -0.2) is 54.5 Å². The molecule has 2 N–H and O–H groups in total. The SMILES string of the molecule is CC(CN1CCCC1)NCC(O)C(F)(F)F. The molecule has 1 aliphatic heterocycles. The molecule has 2 atom stereocenters. The van der Waals surface area contributed by atoms with Gasteiger partial charge in [0, 0.05) is 19.1 Å². The minimum atomic E-state index is -4.53. The molecule has 1 rings (SSSR count). The molecule has 0 spiro atoms. The minimum absolute atomic E-state index is 0.0323. The van der Waals surface area contributed by atoms with Crippen molar-refractivity contribution in [2.24, 2.45) is 0 Å². The minimum Gasteiger partial charge on any atom is -0.382 e. The highest BCUT2D eigenvalue weighted by Gasteiger charge is 2.37. The fourth-order valence-electron chi connectivity index (χ4n) is 1.85. The van der Waals surface area contributed by atoms with Crippen molar-refractivity contribution >= 4 is 0 Å². The molecule has 0 amide bonds. The van der Waals surface area contributed by atoms with Crippen LogP contribution in [0.5, 0.6) is 0 Å². The van der Waals surface area contributed by atoms with Crippen molar-refractivity contribution in [3.8, 4) is 0 Å². The molecule has 0 radical (unpaired) electrons. The Balaban J connectivity index is 2.16. The summed E-state index contributed by atoms with van der Waals surface area (Å²) >= 11 is 0. The maximum Gasteiger partial charge on any atom is 0.415 e. The molecule has 0 aromatic heterocycles. The van der Waals surface area contributed by atoms with Crippen LogP contribution in [0.2, 0.25) is 0 Å². The zero-order valence-electron chi connectivity index (χ0n) is 9.43. The molecule has 1 fully saturated rings. The number of nitrogens with one attached hydrogen (secondary N) is 1. The predicted molar refractivity (Wildman–Crippen MR) is 55.2 cm³/mol. The van der Waals surface area contributed by atoms with Gasteiger partial charge in [-0.1, -0.05) is 0 Å². The first-order valence-corrected chi connectivity index (χ1v) is 5.60. The van der Waals surface area contributed by atoms with Crippen LogP contribution >= 0.6 is 0 Å². The van der Waals surface area contributed by atoms with Crippen LogP contribution < -0.4 is 5.32 Å². The number of hydrogen-bond donors (Lipinski definition) is 2. The summed E-state index contributed by atoms with van der Waals surface area (Å²) in [7, 11) is 0. The van der Waals surface area contributed by atoms with Crippen LogP contribution in [-0.2, 0) is 0 Å². The highest BCUT2D eigenvalue weighted by molar-refractivity contribution is 4.75. The zero-order valence-corrected chi connectivity index (χ0v) is 9.43. The lowest BCUT2D eigenvalue weighted by Gasteiger charge is -2.23. The first-order chi connectivity index (χ1) is 7.39. The second-order valence-electron chi connectivity index (χ2n) is 4.37. The average molecular weight is 240 g/mol. The summed E-state index contributed by atoms with van der Waals surface area (Å²) in [6.45, 7) is 4.19. The highest BCUT2D eigenvalue weighted by Crippen LogP contribution is 2.19. The number of rotatable bonds is 5. The molecule has 1 aliphatic rings. The molecule has 16 heavy (non-hydrogen) atoms. The van der Waals surface area contributed by atoms with E-state index in [0.717, 1.165) is 32.5 Å². The molecule has 0 aliphatic carbocycles. The number of aliphatic hydroxyl groups excluding tert-OH is 1. The third kappa shape index (κ3) is 4.67. The molecule has 96 valence electrons. The Morgan fingerprint density at radius 1 is 1.31 bits per heavy atom. The van der Waals surface area contributed by atoms with E-state index < -0.39 is 18.8 Å². The average Bonchev–Trinajstić information content (AvgIpc) is 2.65. The molecular formula is C10H19F3N2O. The number of halogens is 3. The number of alkyl halides is 3. The van der Waals surface area contributed by atoms with Gasteiger partial charge < -0.3 is 15.3 Å². The van der Waals surface area contributed by atoms with Gasteiger partial charge in [-0.15, -0.1) is 0 Å². The predicted octanol–water partition coefficient (Wildman–Crippen LogP) is 0.983. The summed E-state index contributed by atoms with van der Waals surface area (Å²) in [5.74, 6) is 0. The Labute approximate surface area is 93.6 Å². The summed E-state index contributed by atoms with van der Waals surface area (Å²) in [5.41, 5.74) is 0. The second kappa shape index (κ2) is 5.84. The van der Waals surface area contributed by atoms with Gasteiger partial charge >= 0.3 is 6.18 Å². The zero-order chi connectivity index (χ0) is 12.2. The molecule has 0 saturated carbocycles. The van der Waals surface area contributed by atoms with Crippen molar-refractivity contribution in [3.05, 3.63) is 0 Å². The van der Waals surface area contributed by atoms with E-state index in [0.29, 0.717) is 0 Å². The standard InChI is InChI=1S/C10H19F3N2O/c1-8(7-15-4-2-3-5-15)14-6-9(16)10(11,12)13/h8-9,14,16H,2-7H2,1H3.